The third-order valence-corrected chi connectivity index (χ3v) is 9.89. The second-order valence-corrected chi connectivity index (χ2v) is 13.0. The first-order chi connectivity index (χ1) is 24.3. The second-order valence-electron chi connectivity index (χ2n) is 13.0. The molecule has 2 aromatic heterocycles. The highest BCUT2D eigenvalue weighted by atomic mass is 16.3. The van der Waals surface area contributed by atoms with E-state index in [9.17, 15) is 0 Å². The Morgan fingerprint density at radius 3 is 2.10 bits per heavy atom. The van der Waals surface area contributed by atoms with E-state index >= 15 is 0 Å². The molecule has 1 atom stereocenters. The van der Waals surface area contributed by atoms with Crippen LogP contribution in [0.4, 0.5) is 0 Å². The van der Waals surface area contributed by atoms with Crippen LogP contribution in [0.1, 0.15) is 72.2 Å². The maximum absolute atomic E-state index is 6.43. The quantitative estimate of drug-likeness (QED) is 0.183. The van der Waals surface area contributed by atoms with Crippen molar-refractivity contribution in [2.45, 2.75) is 38.0 Å². The summed E-state index contributed by atoms with van der Waals surface area (Å²) in [6.07, 6.45) is 20.3. The lowest BCUT2D eigenvalue weighted by molar-refractivity contribution is 0.667. The molecule has 49 heavy (non-hydrogen) atoms. The number of benzene rings is 4. The topological polar surface area (TPSA) is 51.8 Å². The van der Waals surface area contributed by atoms with Gasteiger partial charge in [0, 0.05) is 27.8 Å². The van der Waals surface area contributed by atoms with Gasteiger partial charge in [0.05, 0.1) is 0 Å². The SMILES string of the molecule is C1=CC(c2nc(C3=CCCC(c4cccc5c4oc4ccccc45)=C3)nc(C3=CC=C(c4ccccc4)CC3)n2)CC=C1c1ccccc1. The molecule has 4 heteroatoms. The van der Waals surface area contributed by atoms with Crippen LogP contribution < -0.4 is 0 Å². The molecule has 9 rings (SSSR count). The minimum Gasteiger partial charge on any atom is -0.455 e. The molecule has 0 radical (unpaired) electrons. The maximum Gasteiger partial charge on any atom is 0.163 e. The molecule has 0 saturated heterocycles. The molecule has 0 aliphatic heterocycles. The number of furan rings is 1. The van der Waals surface area contributed by atoms with E-state index in [1.165, 1.54) is 27.8 Å². The van der Waals surface area contributed by atoms with Crippen LogP contribution in [-0.4, -0.2) is 15.0 Å². The van der Waals surface area contributed by atoms with Gasteiger partial charge in [0.2, 0.25) is 0 Å². The van der Waals surface area contributed by atoms with Crippen LogP contribution in [-0.2, 0) is 0 Å². The van der Waals surface area contributed by atoms with Crippen LogP contribution in [0.15, 0.2) is 150 Å². The monoisotopic (exact) mass is 633 g/mol. The molecule has 0 saturated carbocycles. The predicted octanol–water partition coefficient (Wildman–Crippen LogP) is 11.4. The summed E-state index contributed by atoms with van der Waals surface area (Å²) < 4.78 is 6.43. The molecule has 3 aliphatic rings. The minimum atomic E-state index is 0.0736. The van der Waals surface area contributed by atoms with Crippen molar-refractivity contribution in [2.75, 3.05) is 0 Å². The van der Waals surface area contributed by atoms with Gasteiger partial charge in [-0.15, -0.1) is 0 Å². The second kappa shape index (κ2) is 12.6. The Morgan fingerprint density at radius 2 is 1.31 bits per heavy atom. The Hall–Kier alpha value is -5.87. The minimum absolute atomic E-state index is 0.0736. The number of hydrogen-bond acceptors (Lipinski definition) is 4. The summed E-state index contributed by atoms with van der Waals surface area (Å²) in [5.74, 6) is 2.40. The average molecular weight is 634 g/mol. The molecule has 4 aromatic carbocycles. The summed E-state index contributed by atoms with van der Waals surface area (Å²) in [7, 11) is 0. The van der Waals surface area contributed by atoms with E-state index in [1.54, 1.807) is 0 Å². The van der Waals surface area contributed by atoms with Gasteiger partial charge in [0.25, 0.3) is 0 Å². The van der Waals surface area contributed by atoms with Gasteiger partial charge in [0.1, 0.15) is 17.0 Å². The van der Waals surface area contributed by atoms with Crippen molar-refractivity contribution in [1.82, 2.24) is 15.0 Å². The molecule has 0 N–H and O–H groups in total. The molecule has 0 amide bonds. The van der Waals surface area contributed by atoms with E-state index in [-0.39, 0.29) is 5.92 Å². The summed E-state index contributed by atoms with van der Waals surface area (Å²) in [5.41, 5.74) is 11.5. The third kappa shape index (κ3) is 5.70. The van der Waals surface area contributed by atoms with E-state index in [1.807, 2.05) is 12.1 Å². The zero-order valence-corrected chi connectivity index (χ0v) is 27.2. The first-order valence-electron chi connectivity index (χ1n) is 17.2. The van der Waals surface area contributed by atoms with Crippen molar-refractivity contribution in [1.29, 1.82) is 0 Å². The summed E-state index contributed by atoms with van der Waals surface area (Å²) in [6, 6.07) is 35.9. The fourth-order valence-corrected chi connectivity index (χ4v) is 7.27. The van der Waals surface area contributed by atoms with Crippen LogP contribution in [0.3, 0.4) is 0 Å². The molecule has 6 aromatic rings. The van der Waals surface area contributed by atoms with Crippen LogP contribution in [0.5, 0.6) is 0 Å². The van der Waals surface area contributed by atoms with Crippen LogP contribution in [0.25, 0.3) is 49.8 Å². The van der Waals surface area contributed by atoms with Crippen LogP contribution >= 0.6 is 0 Å². The Balaban J connectivity index is 1.10. The standard InChI is InChI=1S/C45H35N3O/c1-3-11-30(12-4-1)32-21-25-34(26-22-32)43-46-44(35-27-23-33(24-28-35)31-13-5-2-6-14-31)48-45(47-43)37-16-9-15-36(29-37)38-18-10-19-40-39-17-7-8-20-41(39)49-42(38)40/h1-8,10-14,16-23,25,27,29,34H,9,15,24,26,28H2. The summed E-state index contributed by atoms with van der Waals surface area (Å²) in [4.78, 5) is 15.5. The Kier molecular flexibility index (Phi) is 7.55. The van der Waals surface area contributed by atoms with Crippen molar-refractivity contribution in [3.8, 4) is 0 Å². The van der Waals surface area contributed by atoms with Gasteiger partial charge in [-0.25, -0.2) is 15.0 Å². The van der Waals surface area contributed by atoms with Gasteiger partial charge < -0.3 is 4.42 Å². The number of allylic oxidation sites excluding steroid dienone is 12. The molecule has 236 valence electrons. The van der Waals surface area contributed by atoms with Crippen LogP contribution in [0.2, 0.25) is 0 Å². The van der Waals surface area contributed by atoms with Gasteiger partial charge >= 0.3 is 0 Å². The Labute approximate surface area is 286 Å². The van der Waals surface area contributed by atoms with Crippen molar-refractivity contribution >= 4 is 49.8 Å². The third-order valence-electron chi connectivity index (χ3n) is 9.89. The normalized spacial score (nSPS) is 17.7. The number of para-hydroxylation sites is 2. The van der Waals surface area contributed by atoms with E-state index < -0.39 is 0 Å². The lowest BCUT2D eigenvalue weighted by Gasteiger charge is -2.20. The number of aromatic nitrogens is 3. The highest BCUT2D eigenvalue weighted by Gasteiger charge is 2.23. The number of nitrogens with zero attached hydrogens (tertiary/aromatic N) is 3. The van der Waals surface area contributed by atoms with E-state index in [0.29, 0.717) is 0 Å². The lowest BCUT2D eigenvalue weighted by atomic mass is 9.91. The zero-order valence-electron chi connectivity index (χ0n) is 27.2. The van der Waals surface area contributed by atoms with Gasteiger partial charge in [0.15, 0.2) is 11.6 Å². The Bertz CT molecular complexity index is 2400. The molecule has 0 spiro atoms. The Morgan fingerprint density at radius 1 is 0.571 bits per heavy atom. The largest absolute Gasteiger partial charge is 0.455 e. The van der Waals surface area contributed by atoms with Gasteiger partial charge in [-0.3, -0.25) is 0 Å². The first kappa shape index (κ1) is 29.3. The smallest absolute Gasteiger partial charge is 0.163 e. The molecule has 2 heterocycles. The highest BCUT2D eigenvalue weighted by Crippen LogP contribution is 2.39. The van der Waals surface area contributed by atoms with Crippen molar-refractivity contribution in [2.24, 2.45) is 0 Å². The fraction of sp³-hybridized carbons (Fsp3) is 0.133. The summed E-state index contributed by atoms with van der Waals surface area (Å²) in [6.45, 7) is 0. The molecular formula is C45H35N3O. The van der Waals surface area contributed by atoms with Gasteiger partial charge in [-0.2, -0.15) is 0 Å². The molecular weight excluding hydrogens is 599 g/mol. The number of fused-ring (bicyclic) bond motifs is 3. The van der Waals surface area contributed by atoms with Crippen molar-refractivity contribution in [3.05, 3.63) is 180 Å². The average Bonchev–Trinajstić information content (AvgIpc) is 3.58. The van der Waals surface area contributed by atoms with E-state index in [0.717, 1.165) is 88.2 Å². The first-order valence-corrected chi connectivity index (χ1v) is 17.2. The van der Waals surface area contributed by atoms with Gasteiger partial charge in [-0.05, 0) is 77.7 Å². The van der Waals surface area contributed by atoms with E-state index in [2.05, 4.69) is 134 Å². The molecule has 3 aliphatic carbocycles. The lowest BCUT2D eigenvalue weighted by Crippen LogP contribution is -2.12. The maximum atomic E-state index is 6.43. The van der Waals surface area contributed by atoms with Crippen LogP contribution in [0, 0.1) is 0 Å². The van der Waals surface area contributed by atoms with E-state index in [4.69, 9.17) is 19.4 Å². The highest BCUT2D eigenvalue weighted by molar-refractivity contribution is 6.08. The predicted molar refractivity (Wildman–Crippen MR) is 201 cm³/mol. The molecule has 4 nitrogen and oxygen atoms in total. The molecule has 0 fully saturated rings. The van der Waals surface area contributed by atoms with Crippen molar-refractivity contribution < 1.29 is 4.42 Å². The summed E-state index contributed by atoms with van der Waals surface area (Å²) in [5, 5.41) is 2.29. The van der Waals surface area contributed by atoms with Crippen molar-refractivity contribution in [3.63, 3.8) is 0 Å². The number of hydrogen-bond donors (Lipinski definition) is 0. The number of rotatable bonds is 6. The zero-order chi connectivity index (χ0) is 32.6. The molecule has 0 bridgehead atoms. The fourth-order valence-electron chi connectivity index (χ4n) is 7.27. The summed E-state index contributed by atoms with van der Waals surface area (Å²) >= 11 is 0. The molecule has 1 unspecified atom stereocenters. The van der Waals surface area contributed by atoms with Gasteiger partial charge in [-0.1, -0.05) is 134 Å².